The van der Waals surface area contributed by atoms with Crippen molar-refractivity contribution in [1.82, 2.24) is 15.1 Å². The lowest BCUT2D eigenvalue weighted by atomic mass is 9.90. The molecule has 3 fully saturated rings. The number of nitrogens with zero attached hydrogens (tertiary/aromatic N) is 2. The zero-order valence-electron chi connectivity index (χ0n) is 26.3. The average Bonchev–Trinajstić information content (AvgIpc) is 3.66. The Hall–Kier alpha value is -2.55. The minimum atomic E-state index is -1.68. The summed E-state index contributed by atoms with van der Waals surface area (Å²) >= 11 is 0. The van der Waals surface area contributed by atoms with E-state index in [1.165, 1.54) is 12.5 Å². The maximum atomic E-state index is 14.8. The number of piperidine rings is 1. The Morgan fingerprint density at radius 3 is 2.40 bits per heavy atom. The summed E-state index contributed by atoms with van der Waals surface area (Å²) in [4.78, 5) is 28.2. The third-order valence-electron chi connectivity index (χ3n) is 9.47. The summed E-state index contributed by atoms with van der Waals surface area (Å²) in [5.74, 6) is 0.531. The molecule has 2 amide bonds. The van der Waals surface area contributed by atoms with Gasteiger partial charge in [-0.15, -0.1) is 0 Å². The Bertz CT molecular complexity index is 1130. The molecule has 2 heterocycles. The number of hydrogen-bond donors (Lipinski definition) is 6. The van der Waals surface area contributed by atoms with E-state index < -0.39 is 36.8 Å². The van der Waals surface area contributed by atoms with E-state index in [2.05, 4.69) is 5.32 Å². The van der Waals surface area contributed by atoms with E-state index in [1.807, 2.05) is 18.7 Å². The van der Waals surface area contributed by atoms with E-state index in [0.29, 0.717) is 48.9 Å². The maximum Gasteiger partial charge on any atom is 0.410 e. The SMILES string of the molecule is CC(C)OC(=O)N1CCC2(CC1)CC2CCCOc1ccc(CC(=O)N2CC(CNCC(O)C(O)C(O)[C@H](O)CO)C2)c(F)c1. The average molecular weight is 640 g/mol. The second-order valence-electron chi connectivity index (χ2n) is 13.2. The summed E-state index contributed by atoms with van der Waals surface area (Å²) in [5.41, 5.74) is 0.642. The Morgan fingerprint density at radius 1 is 1.07 bits per heavy atom. The van der Waals surface area contributed by atoms with Crippen LogP contribution in [0.1, 0.15) is 51.5 Å². The molecule has 1 aromatic rings. The summed E-state index contributed by atoms with van der Waals surface area (Å²) in [6, 6.07) is 4.60. The molecule has 3 aliphatic rings. The van der Waals surface area contributed by atoms with Crippen molar-refractivity contribution in [3.05, 3.63) is 29.6 Å². The van der Waals surface area contributed by atoms with Crippen LogP contribution < -0.4 is 10.1 Å². The lowest BCUT2D eigenvalue weighted by Crippen LogP contribution is -2.55. The highest BCUT2D eigenvalue weighted by molar-refractivity contribution is 5.79. The molecule has 4 rings (SSSR count). The molecule has 12 nitrogen and oxygen atoms in total. The molecule has 5 atom stereocenters. The number of aliphatic hydroxyl groups excluding tert-OH is 5. The number of ether oxygens (including phenoxy) is 2. The van der Waals surface area contributed by atoms with Gasteiger partial charge in [-0.2, -0.15) is 0 Å². The summed E-state index contributed by atoms with van der Waals surface area (Å²) in [6.45, 7) is 6.31. The van der Waals surface area contributed by atoms with Crippen LogP contribution in [0.3, 0.4) is 0 Å². The molecule has 1 saturated carbocycles. The van der Waals surface area contributed by atoms with E-state index >= 15 is 0 Å². The first-order valence-electron chi connectivity index (χ1n) is 16.1. The van der Waals surface area contributed by atoms with Crippen LogP contribution in [-0.4, -0.2) is 130 Å². The standard InChI is InChI=1S/C32H50FN3O9/c1-20(2)45-31(43)35-9-7-32(8-10-35)14-23(32)4-3-11-44-24-6-5-22(25(33)13-24)12-28(40)36-17-21(18-36)15-34-16-26(38)29(41)30(42)27(39)19-37/h5-6,13,20-21,23,26-27,29-30,34,37-39,41-42H,3-4,7-12,14-19H2,1-2H3/t23?,26?,27-,29?,30?/m1/s1. The number of carbonyl (C=O) groups excluding carboxylic acids is 2. The van der Waals surface area contributed by atoms with Crippen molar-refractivity contribution in [1.29, 1.82) is 0 Å². The molecular weight excluding hydrogens is 589 g/mol. The largest absolute Gasteiger partial charge is 0.493 e. The van der Waals surface area contributed by atoms with Gasteiger partial charge in [0.1, 0.15) is 29.9 Å². The number of aliphatic hydroxyl groups is 5. The van der Waals surface area contributed by atoms with Crippen LogP contribution in [-0.2, 0) is 16.0 Å². The van der Waals surface area contributed by atoms with Gasteiger partial charge in [0.25, 0.3) is 0 Å². The lowest BCUT2D eigenvalue weighted by molar-refractivity contribution is -0.136. The topological polar surface area (TPSA) is 172 Å². The van der Waals surface area contributed by atoms with Gasteiger partial charge in [0.15, 0.2) is 0 Å². The number of likely N-dealkylation sites (tertiary alicyclic amines) is 2. The molecule has 1 aromatic carbocycles. The van der Waals surface area contributed by atoms with E-state index in [0.717, 1.165) is 38.8 Å². The van der Waals surface area contributed by atoms with Gasteiger partial charge in [0.05, 0.1) is 31.8 Å². The second-order valence-corrected chi connectivity index (χ2v) is 13.2. The molecule has 6 N–H and O–H groups in total. The van der Waals surface area contributed by atoms with Crippen LogP contribution in [0.15, 0.2) is 18.2 Å². The minimum Gasteiger partial charge on any atom is -0.493 e. The normalized spacial score (nSPS) is 22.1. The van der Waals surface area contributed by atoms with Gasteiger partial charge < -0.3 is 50.1 Å². The number of carbonyl (C=O) groups is 2. The van der Waals surface area contributed by atoms with Gasteiger partial charge in [-0.3, -0.25) is 4.79 Å². The van der Waals surface area contributed by atoms with E-state index in [1.54, 1.807) is 17.0 Å². The van der Waals surface area contributed by atoms with Crippen LogP contribution in [0.5, 0.6) is 5.75 Å². The Labute approximate surface area is 264 Å². The van der Waals surface area contributed by atoms with Gasteiger partial charge in [0.2, 0.25) is 5.91 Å². The predicted molar refractivity (Wildman–Crippen MR) is 162 cm³/mol. The Balaban J connectivity index is 1.08. The number of hydrogen-bond acceptors (Lipinski definition) is 10. The van der Waals surface area contributed by atoms with Crippen molar-refractivity contribution >= 4 is 12.0 Å². The summed E-state index contributed by atoms with van der Waals surface area (Å²) in [6.07, 6.45) is -1.49. The second kappa shape index (κ2) is 15.8. The van der Waals surface area contributed by atoms with E-state index in [-0.39, 0.29) is 37.0 Å². The Kier molecular flexibility index (Phi) is 12.4. The molecule has 254 valence electrons. The van der Waals surface area contributed by atoms with Crippen LogP contribution in [0.25, 0.3) is 0 Å². The van der Waals surface area contributed by atoms with Crippen molar-refractivity contribution in [3.8, 4) is 5.75 Å². The molecule has 45 heavy (non-hydrogen) atoms. The van der Waals surface area contributed by atoms with Crippen LogP contribution in [0, 0.1) is 23.1 Å². The van der Waals surface area contributed by atoms with Gasteiger partial charge in [0, 0.05) is 51.3 Å². The zero-order chi connectivity index (χ0) is 32.7. The third kappa shape index (κ3) is 9.49. The van der Waals surface area contributed by atoms with Crippen molar-refractivity contribution in [2.45, 2.75) is 82.9 Å². The first-order valence-corrected chi connectivity index (χ1v) is 16.1. The number of amides is 2. The molecule has 0 bridgehead atoms. The summed E-state index contributed by atoms with van der Waals surface area (Å²) in [5, 5.41) is 50.7. The van der Waals surface area contributed by atoms with Gasteiger partial charge >= 0.3 is 6.09 Å². The van der Waals surface area contributed by atoms with Crippen LogP contribution >= 0.6 is 0 Å². The van der Waals surface area contributed by atoms with Crippen LogP contribution in [0.2, 0.25) is 0 Å². The molecule has 13 heteroatoms. The number of benzene rings is 1. The first-order chi connectivity index (χ1) is 21.4. The molecule has 0 aromatic heterocycles. The smallest absolute Gasteiger partial charge is 0.410 e. The number of rotatable bonds is 16. The first kappa shape index (κ1) is 35.3. The highest BCUT2D eigenvalue weighted by Gasteiger charge is 2.54. The lowest BCUT2D eigenvalue weighted by Gasteiger charge is -2.39. The molecular formula is C32H50FN3O9. The molecule has 2 saturated heterocycles. The monoisotopic (exact) mass is 639 g/mol. The highest BCUT2D eigenvalue weighted by Crippen LogP contribution is 2.61. The van der Waals surface area contributed by atoms with E-state index in [9.17, 15) is 34.4 Å². The predicted octanol–water partition coefficient (Wildman–Crippen LogP) is 0.658. The van der Waals surface area contributed by atoms with E-state index in [4.69, 9.17) is 14.6 Å². The maximum absolute atomic E-state index is 14.8. The third-order valence-corrected chi connectivity index (χ3v) is 9.47. The summed E-state index contributed by atoms with van der Waals surface area (Å²) in [7, 11) is 0. The molecule has 0 radical (unpaired) electrons. The minimum absolute atomic E-state index is 0.0429. The van der Waals surface area contributed by atoms with Gasteiger partial charge in [-0.05, 0) is 68.9 Å². The van der Waals surface area contributed by atoms with Gasteiger partial charge in [-0.1, -0.05) is 6.07 Å². The molecule has 1 aliphatic carbocycles. The summed E-state index contributed by atoms with van der Waals surface area (Å²) < 4.78 is 25.9. The van der Waals surface area contributed by atoms with Crippen molar-refractivity contribution in [2.75, 3.05) is 52.5 Å². The zero-order valence-corrected chi connectivity index (χ0v) is 26.3. The van der Waals surface area contributed by atoms with Crippen molar-refractivity contribution in [3.63, 3.8) is 0 Å². The fourth-order valence-corrected chi connectivity index (χ4v) is 6.44. The number of nitrogens with one attached hydrogen (secondary N) is 1. The van der Waals surface area contributed by atoms with Crippen molar-refractivity contribution < 1.29 is 49.0 Å². The van der Waals surface area contributed by atoms with Crippen molar-refractivity contribution in [2.24, 2.45) is 17.3 Å². The fourth-order valence-electron chi connectivity index (χ4n) is 6.44. The van der Waals surface area contributed by atoms with Crippen LogP contribution in [0.4, 0.5) is 9.18 Å². The highest BCUT2D eigenvalue weighted by atomic mass is 19.1. The Morgan fingerprint density at radius 2 is 1.76 bits per heavy atom. The number of halogens is 1. The molecule has 4 unspecified atom stereocenters. The fraction of sp³-hybridized carbons (Fsp3) is 0.750. The van der Waals surface area contributed by atoms with Gasteiger partial charge in [-0.25, -0.2) is 9.18 Å². The quantitative estimate of drug-likeness (QED) is 0.141. The molecule has 2 aliphatic heterocycles. The molecule has 1 spiro atoms.